The molecule has 3 nitrogen and oxygen atoms in total. The van der Waals surface area contributed by atoms with Gasteiger partial charge in [-0.2, -0.15) is 0 Å². The summed E-state index contributed by atoms with van der Waals surface area (Å²) in [5, 5.41) is 7.38. The van der Waals surface area contributed by atoms with E-state index in [1.165, 1.54) is 32.4 Å². The minimum absolute atomic E-state index is 0.655. The molecule has 0 aromatic heterocycles. The Morgan fingerprint density at radius 1 is 1.33 bits per heavy atom. The van der Waals surface area contributed by atoms with Crippen molar-refractivity contribution in [1.29, 1.82) is 0 Å². The van der Waals surface area contributed by atoms with Crippen molar-refractivity contribution in [3.8, 4) is 0 Å². The largest absolute Gasteiger partial charge is 0.361 e. The summed E-state index contributed by atoms with van der Waals surface area (Å²) in [5.41, 5.74) is 1.05. The Balaban J connectivity index is 1.47. The van der Waals surface area contributed by atoms with Gasteiger partial charge in [-0.15, -0.1) is 0 Å². The third-order valence-corrected chi connectivity index (χ3v) is 5.31. The van der Waals surface area contributed by atoms with E-state index in [9.17, 15) is 0 Å². The molecule has 2 N–H and O–H groups in total. The summed E-state index contributed by atoms with van der Waals surface area (Å²) in [6.07, 6.45) is 4.05. The molecular formula is C17H25N3S. The summed E-state index contributed by atoms with van der Waals surface area (Å²) in [6.45, 7) is 5.85. The average Bonchev–Trinajstić information content (AvgIpc) is 2.54. The Morgan fingerprint density at radius 3 is 2.81 bits per heavy atom. The molecule has 3 aliphatic heterocycles. The number of para-hydroxylation sites is 1. The molecule has 2 bridgehead atoms. The second kappa shape index (κ2) is 6.75. The van der Waals surface area contributed by atoms with Crippen LogP contribution in [0.15, 0.2) is 30.3 Å². The summed E-state index contributed by atoms with van der Waals surface area (Å²) < 4.78 is 0. The van der Waals surface area contributed by atoms with Crippen LogP contribution in [0.1, 0.15) is 26.2 Å². The molecule has 1 unspecified atom stereocenters. The third kappa shape index (κ3) is 3.55. The molecule has 4 atom stereocenters. The Kier molecular flexibility index (Phi) is 4.76. The highest BCUT2D eigenvalue weighted by atomic mass is 32.1. The second-order valence-electron chi connectivity index (χ2n) is 6.30. The average molecular weight is 303 g/mol. The predicted molar refractivity (Wildman–Crippen MR) is 92.5 cm³/mol. The molecule has 0 aliphatic carbocycles. The van der Waals surface area contributed by atoms with Gasteiger partial charge in [0, 0.05) is 24.8 Å². The molecule has 1 aromatic carbocycles. The summed E-state index contributed by atoms with van der Waals surface area (Å²) in [6, 6.07) is 10.8. The van der Waals surface area contributed by atoms with Crippen LogP contribution in [0.25, 0.3) is 0 Å². The first kappa shape index (κ1) is 14.8. The fourth-order valence-corrected chi connectivity index (χ4v) is 4.03. The molecule has 3 fully saturated rings. The zero-order chi connectivity index (χ0) is 14.7. The maximum absolute atomic E-state index is 5.40. The van der Waals surface area contributed by atoms with Gasteiger partial charge in [0.15, 0.2) is 5.11 Å². The highest BCUT2D eigenvalue weighted by Crippen LogP contribution is 2.37. The van der Waals surface area contributed by atoms with Crippen molar-refractivity contribution < 1.29 is 0 Å². The SMILES string of the molecule is CC[C@@H]1CN2CC[C@H]1C[C@@H]2CNC(=S)Nc1ccccc1. The number of benzene rings is 1. The second-order valence-corrected chi connectivity index (χ2v) is 6.71. The molecule has 4 rings (SSSR count). The Hall–Kier alpha value is -1.13. The van der Waals surface area contributed by atoms with Gasteiger partial charge in [-0.05, 0) is 55.6 Å². The standard InChI is InChI=1S/C17H25N3S/c1-2-13-12-20-9-8-14(13)10-16(20)11-18-17(21)19-15-6-4-3-5-7-15/h3-7,13-14,16H,2,8-12H2,1H3,(H2,18,19,21)/t13-,14+,16-/m1/s1. The van der Waals surface area contributed by atoms with E-state index in [1.54, 1.807) is 0 Å². The quantitative estimate of drug-likeness (QED) is 0.836. The number of nitrogens with zero attached hydrogens (tertiary/aromatic N) is 1. The lowest BCUT2D eigenvalue weighted by molar-refractivity contribution is 0.00212. The number of anilines is 1. The van der Waals surface area contributed by atoms with Gasteiger partial charge in [0.05, 0.1) is 0 Å². The van der Waals surface area contributed by atoms with Crippen LogP contribution in [0.4, 0.5) is 5.69 Å². The Bertz CT molecular complexity index is 476. The van der Waals surface area contributed by atoms with Gasteiger partial charge in [-0.25, -0.2) is 0 Å². The van der Waals surface area contributed by atoms with Crippen molar-refractivity contribution in [1.82, 2.24) is 10.2 Å². The summed E-state index contributed by atoms with van der Waals surface area (Å²) in [4.78, 5) is 2.66. The van der Waals surface area contributed by atoms with Gasteiger partial charge >= 0.3 is 0 Å². The molecular weight excluding hydrogens is 278 g/mol. The highest BCUT2D eigenvalue weighted by Gasteiger charge is 2.38. The fraction of sp³-hybridized carbons (Fsp3) is 0.588. The summed E-state index contributed by atoms with van der Waals surface area (Å²) in [7, 11) is 0. The fourth-order valence-electron chi connectivity index (χ4n) is 3.83. The van der Waals surface area contributed by atoms with Crippen LogP contribution in [0.2, 0.25) is 0 Å². The van der Waals surface area contributed by atoms with E-state index in [0.29, 0.717) is 6.04 Å². The Morgan fingerprint density at radius 2 is 2.14 bits per heavy atom. The van der Waals surface area contributed by atoms with Crippen LogP contribution >= 0.6 is 12.2 Å². The van der Waals surface area contributed by atoms with Crippen LogP contribution in [0, 0.1) is 11.8 Å². The van der Waals surface area contributed by atoms with Crippen LogP contribution in [0.5, 0.6) is 0 Å². The van der Waals surface area contributed by atoms with E-state index in [4.69, 9.17) is 12.2 Å². The lowest BCUT2D eigenvalue weighted by Gasteiger charge is -2.50. The molecule has 3 heterocycles. The van der Waals surface area contributed by atoms with Crippen LogP contribution < -0.4 is 10.6 Å². The van der Waals surface area contributed by atoms with E-state index < -0.39 is 0 Å². The van der Waals surface area contributed by atoms with E-state index in [1.807, 2.05) is 30.3 Å². The molecule has 0 amide bonds. The number of nitrogens with one attached hydrogen (secondary N) is 2. The predicted octanol–water partition coefficient (Wildman–Crippen LogP) is 3.09. The number of fused-ring (bicyclic) bond motifs is 3. The molecule has 4 heteroatoms. The normalized spacial score (nSPS) is 30.9. The summed E-state index contributed by atoms with van der Waals surface area (Å²) in [5.74, 6) is 1.85. The van der Waals surface area contributed by atoms with Crippen LogP contribution in [-0.4, -0.2) is 35.7 Å². The molecule has 0 spiro atoms. The van der Waals surface area contributed by atoms with Gasteiger partial charge in [0.25, 0.3) is 0 Å². The molecule has 3 aliphatic rings. The van der Waals surface area contributed by atoms with Crippen molar-refractivity contribution in [2.75, 3.05) is 25.0 Å². The van der Waals surface area contributed by atoms with Gasteiger partial charge in [-0.3, -0.25) is 4.90 Å². The van der Waals surface area contributed by atoms with Crippen molar-refractivity contribution >= 4 is 23.0 Å². The monoisotopic (exact) mass is 303 g/mol. The van der Waals surface area contributed by atoms with Crippen molar-refractivity contribution in [3.63, 3.8) is 0 Å². The van der Waals surface area contributed by atoms with Crippen molar-refractivity contribution in [2.24, 2.45) is 11.8 Å². The van der Waals surface area contributed by atoms with Crippen LogP contribution in [0.3, 0.4) is 0 Å². The molecule has 3 saturated heterocycles. The first-order valence-corrected chi connectivity index (χ1v) is 8.51. The zero-order valence-electron chi connectivity index (χ0n) is 12.7. The number of piperidine rings is 3. The zero-order valence-corrected chi connectivity index (χ0v) is 13.5. The van der Waals surface area contributed by atoms with Crippen molar-refractivity contribution in [2.45, 2.75) is 32.2 Å². The van der Waals surface area contributed by atoms with E-state index in [2.05, 4.69) is 22.5 Å². The molecule has 0 radical (unpaired) electrons. The number of thiocarbonyl (C=S) groups is 1. The van der Waals surface area contributed by atoms with Gasteiger partial charge in [0.1, 0.15) is 0 Å². The number of hydrogen-bond acceptors (Lipinski definition) is 2. The minimum atomic E-state index is 0.655. The van der Waals surface area contributed by atoms with Crippen LogP contribution in [-0.2, 0) is 0 Å². The first-order valence-electron chi connectivity index (χ1n) is 8.10. The van der Waals surface area contributed by atoms with E-state index >= 15 is 0 Å². The lowest BCUT2D eigenvalue weighted by Crippen LogP contribution is -2.56. The van der Waals surface area contributed by atoms with E-state index in [0.717, 1.165) is 29.2 Å². The smallest absolute Gasteiger partial charge is 0.170 e. The van der Waals surface area contributed by atoms with Gasteiger partial charge in [-0.1, -0.05) is 31.5 Å². The molecule has 1 aromatic rings. The summed E-state index contributed by atoms with van der Waals surface area (Å²) >= 11 is 5.40. The maximum atomic E-state index is 5.40. The molecule has 0 saturated carbocycles. The topological polar surface area (TPSA) is 27.3 Å². The minimum Gasteiger partial charge on any atom is -0.361 e. The molecule has 114 valence electrons. The number of rotatable bonds is 4. The Labute approximate surface area is 133 Å². The maximum Gasteiger partial charge on any atom is 0.170 e. The molecule has 21 heavy (non-hydrogen) atoms. The van der Waals surface area contributed by atoms with Gasteiger partial charge in [0.2, 0.25) is 0 Å². The van der Waals surface area contributed by atoms with Gasteiger partial charge < -0.3 is 10.6 Å². The number of hydrogen-bond donors (Lipinski definition) is 2. The lowest BCUT2D eigenvalue weighted by atomic mass is 9.74. The third-order valence-electron chi connectivity index (χ3n) is 5.07. The highest BCUT2D eigenvalue weighted by molar-refractivity contribution is 7.80. The van der Waals surface area contributed by atoms with Crippen molar-refractivity contribution in [3.05, 3.63) is 30.3 Å². The van der Waals surface area contributed by atoms with E-state index in [-0.39, 0.29) is 0 Å². The first-order chi connectivity index (χ1) is 10.3.